The molecule has 0 unspecified atom stereocenters. The second-order valence-corrected chi connectivity index (χ2v) is 4.83. The average molecular weight is 290 g/mol. The summed E-state index contributed by atoms with van der Waals surface area (Å²) in [6.45, 7) is 1.97. The Morgan fingerprint density at radius 2 is 2.38 bits per heavy atom. The molecule has 3 rings (SSSR count). The highest BCUT2D eigenvalue weighted by molar-refractivity contribution is 5.55. The third kappa shape index (κ3) is 3.37. The smallest absolute Gasteiger partial charge is 0.244 e. The van der Waals surface area contributed by atoms with Gasteiger partial charge in [0.15, 0.2) is 0 Å². The second-order valence-electron chi connectivity index (χ2n) is 4.83. The van der Waals surface area contributed by atoms with Crippen molar-refractivity contribution in [2.24, 2.45) is 0 Å². The first kappa shape index (κ1) is 14.0. The molecule has 0 spiro atoms. The molecule has 1 saturated heterocycles. The van der Waals surface area contributed by atoms with Crippen molar-refractivity contribution in [3.8, 4) is 17.3 Å². The lowest BCUT2D eigenvalue weighted by molar-refractivity contribution is 0.144. The summed E-state index contributed by atoms with van der Waals surface area (Å²) in [6, 6.07) is 3.80. The maximum Gasteiger partial charge on any atom is 0.244 e. The molecule has 2 aromatic rings. The molecule has 21 heavy (non-hydrogen) atoms. The van der Waals surface area contributed by atoms with Crippen LogP contribution < -0.4 is 10.1 Å². The lowest BCUT2D eigenvalue weighted by atomic mass is 10.2. The molecule has 1 atom stereocenters. The first-order valence-electron chi connectivity index (χ1n) is 7.02. The van der Waals surface area contributed by atoms with E-state index in [0.717, 1.165) is 24.9 Å². The highest BCUT2D eigenvalue weighted by Gasteiger charge is 2.22. The van der Waals surface area contributed by atoms with Crippen molar-refractivity contribution in [3.63, 3.8) is 0 Å². The highest BCUT2D eigenvalue weighted by atomic mass is 16.5. The van der Waals surface area contributed by atoms with Crippen molar-refractivity contribution in [2.75, 3.05) is 26.9 Å². The number of aromatic nitrogens is 3. The van der Waals surface area contributed by atoms with Crippen LogP contribution in [0.25, 0.3) is 11.4 Å². The maximum atomic E-state index is 5.48. The third-order valence-corrected chi connectivity index (χ3v) is 3.33. The minimum absolute atomic E-state index is 0.172. The Hall–Kier alpha value is -1.99. The van der Waals surface area contributed by atoms with Crippen LogP contribution in [0.4, 0.5) is 0 Å². The van der Waals surface area contributed by atoms with E-state index in [1.807, 2.05) is 6.07 Å². The van der Waals surface area contributed by atoms with E-state index >= 15 is 0 Å². The lowest BCUT2D eigenvalue weighted by Crippen LogP contribution is -2.12. The van der Waals surface area contributed by atoms with Crippen LogP contribution in [0.2, 0.25) is 0 Å². The van der Waals surface area contributed by atoms with Gasteiger partial charge in [-0.2, -0.15) is 4.98 Å². The van der Waals surface area contributed by atoms with Crippen molar-refractivity contribution in [3.05, 3.63) is 24.2 Å². The van der Waals surface area contributed by atoms with Gasteiger partial charge in [-0.3, -0.25) is 0 Å². The van der Waals surface area contributed by atoms with E-state index in [2.05, 4.69) is 20.4 Å². The zero-order valence-corrected chi connectivity index (χ0v) is 11.9. The monoisotopic (exact) mass is 290 g/mol. The number of hydrogen-bond acceptors (Lipinski definition) is 7. The highest BCUT2D eigenvalue weighted by Crippen LogP contribution is 2.25. The van der Waals surface area contributed by atoms with Gasteiger partial charge in [0.25, 0.3) is 0 Å². The molecule has 7 nitrogen and oxygen atoms in total. The Balaban J connectivity index is 1.72. The predicted octanol–water partition coefficient (Wildman–Crippen LogP) is 1.58. The van der Waals surface area contributed by atoms with E-state index in [-0.39, 0.29) is 6.04 Å². The molecular weight excluding hydrogens is 272 g/mol. The van der Waals surface area contributed by atoms with Crippen molar-refractivity contribution < 1.29 is 14.0 Å². The van der Waals surface area contributed by atoms with Gasteiger partial charge in [-0.15, -0.1) is 0 Å². The summed E-state index contributed by atoms with van der Waals surface area (Å²) in [5.74, 6) is 1.72. The summed E-state index contributed by atoms with van der Waals surface area (Å²) in [5, 5.41) is 7.37. The molecule has 0 radical (unpaired) electrons. The maximum absolute atomic E-state index is 5.48. The number of ether oxygens (including phenoxy) is 2. The van der Waals surface area contributed by atoms with Crippen LogP contribution in [-0.2, 0) is 4.74 Å². The Bertz CT molecular complexity index is 581. The largest absolute Gasteiger partial charge is 0.475 e. The normalized spacial score (nSPS) is 18.0. The van der Waals surface area contributed by atoms with Crippen LogP contribution in [0.3, 0.4) is 0 Å². The molecule has 3 heterocycles. The van der Waals surface area contributed by atoms with Crippen LogP contribution in [0, 0.1) is 0 Å². The predicted molar refractivity (Wildman–Crippen MR) is 74.9 cm³/mol. The van der Waals surface area contributed by atoms with Gasteiger partial charge in [0.2, 0.25) is 17.6 Å². The number of methoxy groups -OCH3 is 1. The molecule has 0 saturated carbocycles. The van der Waals surface area contributed by atoms with Crippen LogP contribution >= 0.6 is 0 Å². The van der Waals surface area contributed by atoms with Gasteiger partial charge in [0, 0.05) is 24.9 Å². The zero-order valence-electron chi connectivity index (χ0n) is 11.9. The van der Waals surface area contributed by atoms with Gasteiger partial charge in [-0.25, -0.2) is 4.98 Å². The standard InChI is InChI=1S/C14H18N4O3/c1-19-7-8-20-12-9-10(4-6-16-12)13-17-14(21-18-13)11-3-2-5-15-11/h4,6,9,11,15H,2-3,5,7-8H2,1H3/t11-/m0/s1. The fourth-order valence-electron chi connectivity index (χ4n) is 2.25. The molecule has 7 heteroatoms. The van der Waals surface area contributed by atoms with Crippen molar-refractivity contribution >= 4 is 0 Å². The Labute approximate surface area is 122 Å². The number of nitrogens with zero attached hydrogens (tertiary/aromatic N) is 3. The average Bonchev–Trinajstić information content (AvgIpc) is 3.19. The lowest BCUT2D eigenvalue weighted by Gasteiger charge is -2.04. The van der Waals surface area contributed by atoms with Gasteiger partial charge in [0.1, 0.15) is 6.61 Å². The molecule has 1 aliphatic heterocycles. The van der Waals surface area contributed by atoms with Crippen LogP contribution in [-0.4, -0.2) is 42.0 Å². The van der Waals surface area contributed by atoms with Gasteiger partial charge < -0.3 is 19.3 Å². The summed E-state index contributed by atoms with van der Waals surface area (Å²) in [4.78, 5) is 8.60. The van der Waals surface area contributed by atoms with Crippen molar-refractivity contribution in [1.29, 1.82) is 0 Å². The summed E-state index contributed by atoms with van der Waals surface area (Å²) in [7, 11) is 1.63. The summed E-state index contributed by atoms with van der Waals surface area (Å²) < 4.78 is 15.8. The summed E-state index contributed by atoms with van der Waals surface area (Å²) in [6.07, 6.45) is 3.83. The Morgan fingerprint density at radius 1 is 1.43 bits per heavy atom. The van der Waals surface area contributed by atoms with Crippen LogP contribution in [0.15, 0.2) is 22.9 Å². The van der Waals surface area contributed by atoms with E-state index < -0.39 is 0 Å². The molecule has 2 aromatic heterocycles. The third-order valence-electron chi connectivity index (χ3n) is 3.33. The van der Waals surface area contributed by atoms with Crippen LogP contribution in [0.1, 0.15) is 24.8 Å². The Morgan fingerprint density at radius 3 is 3.19 bits per heavy atom. The van der Waals surface area contributed by atoms with Gasteiger partial charge in [0.05, 0.1) is 12.6 Å². The SMILES string of the molecule is COCCOc1cc(-c2noc([C@@H]3CCCN3)n2)ccn1. The minimum atomic E-state index is 0.172. The van der Waals surface area contributed by atoms with E-state index in [1.54, 1.807) is 19.4 Å². The van der Waals surface area contributed by atoms with E-state index in [0.29, 0.717) is 30.8 Å². The first-order chi connectivity index (χ1) is 10.4. The molecule has 0 aromatic carbocycles. The number of nitrogens with one attached hydrogen (secondary N) is 1. The van der Waals surface area contributed by atoms with E-state index in [1.165, 1.54) is 0 Å². The molecule has 1 fully saturated rings. The van der Waals surface area contributed by atoms with Gasteiger partial charge >= 0.3 is 0 Å². The molecular formula is C14H18N4O3. The molecule has 0 bridgehead atoms. The zero-order chi connectivity index (χ0) is 14.5. The fourth-order valence-corrected chi connectivity index (χ4v) is 2.25. The molecule has 112 valence electrons. The van der Waals surface area contributed by atoms with Gasteiger partial charge in [-0.05, 0) is 25.5 Å². The summed E-state index contributed by atoms with van der Waals surface area (Å²) in [5.41, 5.74) is 0.824. The summed E-state index contributed by atoms with van der Waals surface area (Å²) >= 11 is 0. The van der Waals surface area contributed by atoms with Crippen molar-refractivity contribution in [2.45, 2.75) is 18.9 Å². The van der Waals surface area contributed by atoms with E-state index in [9.17, 15) is 0 Å². The molecule has 0 amide bonds. The quantitative estimate of drug-likeness (QED) is 0.809. The second kappa shape index (κ2) is 6.64. The minimum Gasteiger partial charge on any atom is -0.475 e. The van der Waals surface area contributed by atoms with Crippen molar-refractivity contribution in [1.82, 2.24) is 20.4 Å². The number of pyridine rings is 1. The van der Waals surface area contributed by atoms with E-state index in [4.69, 9.17) is 14.0 Å². The Kier molecular flexibility index (Phi) is 4.42. The van der Waals surface area contributed by atoms with Crippen LogP contribution in [0.5, 0.6) is 5.88 Å². The fraction of sp³-hybridized carbons (Fsp3) is 0.500. The topological polar surface area (TPSA) is 82.3 Å². The number of hydrogen-bond donors (Lipinski definition) is 1. The molecule has 0 aliphatic carbocycles. The number of rotatable bonds is 6. The molecule has 1 aliphatic rings. The molecule has 1 N–H and O–H groups in total. The first-order valence-corrected chi connectivity index (χ1v) is 7.02. The van der Waals surface area contributed by atoms with Gasteiger partial charge in [-0.1, -0.05) is 5.16 Å².